The predicted molar refractivity (Wildman–Crippen MR) is 118 cm³/mol. The van der Waals surface area contributed by atoms with Gasteiger partial charge < -0.3 is 10.2 Å². The molecule has 33 heavy (non-hydrogen) atoms. The molecule has 0 saturated carbocycles. The normalized spacial score (nSPS) is 22.0. The Labute approximate surface area is 190 Å². The van der Waals surface area contributed by atoms with Crippen LogP contribution in [0.3, 0.4) is 0 Å². The lowest BCUT2D eigenvalue weighted by molar-refractivity contribution is -0.136. The van der Waals surface area contributed by atoms with Gasteiger partial charge in [0, 0.05) is 30.4 Å². The van der Waals surface area contributed by atoms with Crippen LogP contribution in [0.5, 0.6) is 0 Å². The van der Waals surface area contributed by atoms with Gasteiger partial charge in [-0.2, -0.15) is 5.10 Å². The van der Waals surface area contributed by atoms with Crippen molar-refractivity contribution in [2.75, 3.05) is 25.5 Å². The van der Waals surface area contributed by atoms with Gasteiger partial charge in [0.15, 0.2) is 0 Å². The molecule has 2 aromatic rings. The molecule has 0 bridgehead atoms. The molecule has 1 aromatic heterocycles. The Hall–Kier alpha value is -3.53. The van der Waals surface area contributed by atoms with E-state index in [2.05, 4.69) is 27.7 Å². The summed E-state index contributed by atoms with van der Waals surface area (Å²) in [5.41, 5.74) is 2.03. The van der Waals surface area contributed by atoms with Crippen LogP contribution in [0.15, 0.2) is 30.6 Å². The number of likely N-dealkylation sites (tertiary alicyclic amines) is 1. The first-order valence-corrected chi connectivity index (χ1v) is 11.2. The minimum atomic E-state index is -0.976. The highest BCUT2D eigenvalue weighted by Crippen LogP contribution is 2.32. The van der Waals surface area contributed by atoms with Crippen LogP contribution >= 0.6 is 0 Å². The molecule has 10 nitrogen and oxygen atoms in total. The summed E-state index contributed by atoms with van der Waals surface area (Å²) in [5.74, 6) is -2.04. The molecule has 172 valence electrons. The van der Waals surface area contributed by atoms with Crippen molar-refractivity contribution in [1.82, 2.24) is 24.9 Å². The van der Waals surface area contributed by atoms with E-state index in [0.717, 1.165) is 36.4 Å². The molecular weight excluding hydrogens is 424 g/mol. The first-order chi connectivity index (χ1) is 15.9. The molecule has 4 amide bonds. The lowest BCUT2D eigenvalue weighted by Crippen LogP contribution is -2.54. The van der Waals surface area contributed by atoms with E-state index in [9.17, 15) is 19.2 Å². The van der Waals surface area contributed by atoms with Crippen molar-refractivity contribution in [2.24, 2.45) is 0 Å². The van der Waals surface area contributed by atoms with Crippen molar-refractivity contribution in [3.05, 3.63) is 47.3 Å². The van der Waals surface area contributed by atoms with Crippen LogP contribution < -0.4 is 10.6 Å². The van der Waals surface area contributed by atoms with Crippen LogP contribution in [0.2, 0.25) is 0 Å². The van der Waals surface area contributed by atoms with Crippen LogP contribution in [0.4, 0.5) is 5.69 Å². The number of piperidine rings is 2. The van der Waals surface area contributed by atoms with Gasteiger partial charge in [-0.15, -0.1) is 0 Å². The molecule has 3 aliphatic heterocycles. The number of carbonyl (C=O) groups is 4. The average Bonchev–Trinajstić information content (AvgIpc) is 3.37. The monoisotopic (exact) mass is 450 g/mol. The van der Waals surface area contributed by atoms with Gasteiger partial charge in [-0.3, -0.25) is 34.1 Å². The maximum atomic E-state index is 13.2. The zero-order chi connectivity index (χ0) is 23.1. The second kappa shape index (κ2) is 8.43. The first kappa shape index (κ1) is 21.3. The molecule has 2 saturated heterocycles. The number of benzene rings is 1. The van der Waals surface area contributed by atoms with Crippen molar-refractivity contribution in [3.8, 4) is 0 Å². The average molecular weight is 450 g/mol. The van der Waals surface area contributed by atoms with E-state index in [4.69, 9.17) is 0 Å². The zero-order valence-electron chi connectivity index (χ0n) is 18.4. The van der Waals surface area contributed by atoms with Gasteiger partial charge in [0.05, 0.1) is 23.4 Å². The third-order valence-corrected chi connectivity index (χ3v) is 6.67. The van der Waals surface area contributed by atoms with Gasteiger partial charge in [-0.1, -0.05) is 6.07 Å². The highest BCUT2D eigenvalue weighted by Gasteiger charge is 2.45. The quantitative estimate of drug-likeness (QED) is 0.657. The van der Waals surface area contributed by atoms with Gasteiger partial charge >= 0.3 is 0 Å². The van der Waals surface area contributed by atoms with Crippen LogP contribution in [0.25, 0.3) is 0 Å². The summed E-state index contributed by atoms with van der Waals surface area (Å²) in [6.07, 6.45) is 6.19. The molecule has 1 unspecified atom stereocenters. The predicted octanol–water partition coefficient (Wildman–Crippen LogP) is 1.16. The molecule has 0 aliphatic carbocycles. The smallest absolute Gasteiger partial charge is 0.264 e. The number of imide groups is 2. The minimum Gasteiger partial charge on any atom is -0.380 e. The van der Waals surface area contributed by atoms with E-state index in [0.29, 0.717) is 18.3 Å². The Morgan fingerprint density at radius 3 is 2.64 bits per heavy atom. The van der Waals surface area contributed by atoms with Crippen molar-refractivity contribution in [3.63, 3.8) is 0 Å². The maximum Gasteiger partial charge on any atom is 0.264 e. The number of rotatable bonds is 5. The molecule has 1 atom stereocenters. The van der Waals surface area contributed by atoms with Gasteiger partial charge in [0.2, 0.25) is 11.8 Å². The summed E-state index contributed by atoms with van der Waals surface area (Å²) >= 11 is 0. The number of anilines is 1. The summed E-state index contributed by atoms with van der Waals surface area (Å²) in [6.45, 7) is 2.55. The second-order valence-corrected chi connectivity index (χ2v) is 8.89. The Balaban J connectivity index is 1.31. The van der Waals surface area contributed by atoms with E-state index in [1.807, 2.05) is 17.1 Å². The number of fused-ring (bicyclic) bond motifs is 1. The molecule has 5 rings (SSSR count). The van der Waals surface area contributed by atoms with E-state index in [1.165, 1.54) is 0 Å². The molecular formula is C23H26N6O4. The maximum absolute atomic E-state index is 13.2. The topological polar surface area (TPSA) is 117 Å². The van der Waals surface area contributed by atoms with Gasteiger partial charge in [-0.05, 0) is 51.5 Å². The van der Waals surface area contributed by atoms with Crippen LogP contribution in [-0.2, 0) is 16.1 Å². The fraction of sp³-hybridized carbons (Fsp3) is 0.435. The van der Waals surface area contributed by atoms with E-state index < -0.39 is 29.7 Å². The number of carbonyl (C=O) groups excluding carboxylic acids is 4. The van der Waals surface area contributed by atoms with Crippen molar-refractivity contribution >= 4 is 29.3 Å². The van der Waals surface area contributed by atoms with Crippen LogP contribution in [0.1, 0.15) is 58.0 Å². The first-order valence-electron chi connectivity index (χ1n) is 11.2. The Kier molecular flexibility index (Phi) is 5.45. The molecule has 2 N–H and O–H groups in total. The second-order valence-electron chi connectivity index (χ2n) is 8.89. The summed E-state index contributed by atoms with van der Waals surface area (Å²) in [4.78, 5) is 53.2. The van der Waals surface area contributed by atoms with Crippen LogP contribution in [-0.4, -0.2) is 69.4 Å². The van der Waals surface area contributed by atoms with E-state index in [1.54, 1.807) is 18.2 Å². The van der Waals surface area contributed by atoms with Crippen LogP contribution in [0, 0.1) is 0 Å². The lowest BCUT2D eigenvalue weighted by atomic mass is 10.0. The number of hydrogen-bond acceptors (Lipinski definition) is 7. The molecule has 10 heteroatoms. The molecule has 2 fully saturated rings. The number of nitrogens with one attached hydrogen (secondary N) is 2. The lowest BCUT2D eigenvalue weighted by Gasteiger charge is -2.28. The highest BCUT2D eigenvalue weighted by atomic mass is 16.2. The molecule has 1 aromatic carbocycles. The molecule has 4 heterocycles. The summed E-state index contributed by atoms with van der Waals surface area (Å²) in [6, 6.07) is 4.46. The van der Waals surface area contributed by atoms with Gasteiger partial charge in [-0.25, -0.2) is 0 Å². The van der Waals surface area contributed by atoms with E-state index >= 15 is 0 Å². The summed E-state index contributed by atoms with van der Waals surface area (Å²) in [5, 5.41) is 10.00. The largest absolute Gasteiger partial charge is 0.380 e. The number of hydrogen-bond donors (Lipinski definition) is 2. The van der Waals surface area contributed by atoms with Gasteiger partial charge in [0.25, 0.3) is 11.8 Å². The fourth-order valence-electron chi connectivity index (χ4n) is 4.79. The summed E-state index contributed by atoms with van der Waals surface area (Å²) < 4.78 is 2.01. The SMILES string of the molecule is CN1CCC(n2cc(CNc3cccc4c3C(=O)N(C3CCC(=O)NC3=O)C4=O)cn2)CC1. The van der Waals surface area contributed by atoms with Gasteiger partial charge in [0.1, 0.15) is 6.04 Å². The number of aromatic nitrogens is 2. The molecule has 0 radical (unpaired) electrons. The number of nitrogens with zero attached hydrogens (tertiary/aromatic N) is 4. The third-order valence-electron chi connectivity index (χ3n) is 6.67. The fourth-order valence-corrected chi connectivity index (χ4v) is 4.79. The summed E-state index contributed by atoms with van der Waals surface area (Å²) in [7, 11) is 2.13. The third kappa shape index (κ3) is 3.91. The minimum absolute atomic E-state index is 0.0934. The molecule has 0 spiro atoms. The van der Waals surface area contributed by atoms with Crippen molar-refractivity contribution < 1.29 is 19.2 Å². The Bertz CT molecular complexity index is 1130. The van der Waals surface area contributed by atoms with Crippen molar-refractivity contribution in [2.45, 2.75) is 44.3 Å². The zero-order valence-corrected chi connectivity index (χ0v) is 18.4. The standard InChI is InChI=1S/C23H26N6O4/c1-27-9-7-15(8-10-27)28-13-14(12-25-28)11-24-17-4-2-3-16-20(17)23(33)29(22(16)32)18-5-6-19(30)26-21(18)31/h2-4,12-13,15,18,24H,5-11H2,1H3,(H,26,30,31). The van der Waals surface area contributed by atoms with Crippen molar-refractivity contribution in [1.29, 1.82) is 0 Å². The van der Waals surface area contributed by atoms with E-state index in [-0.39, 0.29) is 24.0 Å². The Morgan fingerprint density at radius 2 is 1.88 bits per heavy atom. The Morgan fingerprint density at radius 1 is 1.09 bits per heavy atom. The molecule has 3 aliphatic rings. The number of amides is 4. The highest BCUT2D eigenvalue weighted by molar-refractivity contribution is 6.25.